The second-order valence-electron chi connectivity index (χ2n) is 10.8. The number of aliphatic hydroxyl groups excluding tert-OH is 2. The molecule has 3 heterocycles. The summed E-state index contributed by atoms with van der Waals surface area (Å²) in [6.07, 6.45) is 10.1. The fourth-order valence-corrected chi connectivity index (χ4v) is 5.18. The van der Waals surface area contributed by atoms with Crippen LogP contribution in [0.1, 0.15) is 66.2 Å². The molecule has 1 unspecified atom stereocenters. The largest absolute Gasteiger partial charge is 0.459 e. The molecule has 0 aromatic heterocycles. The second kappa shape index (κ2) is 13.8. The molecule has 3 rings (SSSR count). The molecule has 0 aromatic rings. The number of Topliss-reactive ketones (excluding diaryl/α,β-unsaturated/α-hetero) is 1. The van der Waals surface area contributed by atoms with E-state index in [9.17, 15) is 19.5 Å². The first-order valence-electron chi connectivity index (χ1n) is 13.5. The zero-order valence-corrected chi connectivity index (χ0v) is 22.8. The van der Waals surface area contributed by atoms with E-state index in [4.69, 9.17) is 24.1 Å². The first-order chi connectivity index (χ1) is 18.0. The van der Waals surface area contributed by atoms with Gasteiger partial charge in [0.15, 0.2) is 11.6 Å². The Hall–Kier alpha value is -2.17. The number of allylic oxidation sites excluding steroid dienone is 3. The van der Waals surface area contributed by atoms with E-state index >= 15 is 0 Å². The number of ether oxygens (including phenoxy) is 4. The van der Waals surface area contributed by atoms with Crippen LogP contribution in [0.15, 0.2) is 36.0 Å². The van der Waals surface area contributed by atoms with Crippen LogP contribution in [-0.2, 0) is 33.3 Å². The molecule has 212 valence electrons. The number of hydrogen-bond donors (Lipinski definition) is 2. The molecule has 0 radical (unpaired) electrons. The number of aliphatic hydroxyl groups is 2. The van der Waals surface area contributed by atoms with Gasteiger partial charge in [-0.3, -0.25) is 14.4 Å². The standard InChI is InChI=1S/C29H42O9/c1-18(6-12-27-28(34)29(17-35-29)15-26(38-27)14-24(33)16-30)5-10-25-11-8-22(20(3)37-25)13-23(32)9-7-19(2)36-21(4)31/h5-7,9,12,19-20,22,25-28,30,34H,8,10-11,13-17H2,1-4H3/b9-7-,12-6+,18-5+/t19-,20+,22-,25-,26-,27?,28+,29+/m0/s1. The minimum absolute atomic E-state index is 0.00255. The second-order valence-corrected chi connectivity index (χ2v) is 10.8. The van der Waals surface area contributed by atoms with Crippen LogP contribution in [0.4, 0.5) is 0 Å². The van der Waals surface area contributed by atoms with Gasteiger partial charge >= 0.3 is 5.97 Å². The van der Waals surface area contributed by atoms with Gasteiger partial charge in [0.1, 0.15) is 30.5 Å². The van der Waals surface area contributed by atoms with Crippen molar-refractivity contribution < 1.29 is 43.5 Å². The summed E-state index contributed by atoms with van der Waals surface area (Å²) >= 11 is 0. The van der Waals surface area contributed by atoms with Crippen LogP contribution in [0.25, 0.3) is 0 Å². The van der Waals surface area contributed by atoms with E-state index in [1.165, 1.54) is 13.0 Å². The SMILES string of the molecule is CC(=O)O[C@@H](C)/C=C\C(=O)C[C@@H]1CC[C@H](C/C=C(C)/C=C/C2O[C@@H](CC(=O)CO)C[C@@]3(CO3)[C@@H]2O)O[C@@H]1C. The molecule has 9 nitrogen and oxygen atoms in total. The molecule has 9 heteroatoms. The lowest BCUT2D eigenvalue weighted by Crippen LogP contribution is -2.50. The number of carbonyl (C=O) groups is 3. The molecule has 3 saturated heterocycles. The Kier molecular flexibility index (Phi) is 11.0. The number of carbonyl (C=O) groups excluding carboxylic acids is 3. The molecule has 0 saturated carbocycles. The van der Waals surface area contributed by atoms with Crippen molar-refractivity contribution in [3.05, 3.63) is 36.0 Å². The normalized spacial score (nSPS) is 34.5. The predicted molar refractivity (Wildman–Crippen MR) is 139 cm³/mol. The van der Waals surface area contributed by atoms with E-state index < -0.39 is 36.6 Å². The molecule has 0 aliphatic carbocycles. The lowest BCUT2D eigenvalue weighted by atomic mass is 9.87. The molecule has 0 aromatic carbocycles. The van der Waals surface area contributed by atoms with Gasteiger partial charge in [0.2, 0.25) is 0 Å². The zero-order valence-electron chi connectivity index (χ0n) is 22.8. The van der Waals surface area contributed by atoms with Gasteiger partial charge in [0, 0.05) is 26.2 Å². The Labute approximate surface area is 224 Å². The Balaban J connectivity index is 1.45. The Morgan fingerprint density at radius 2 is 1.84 bits per heavy atom. The van der Waals surface area contributed by atoms with E-state index in [1.54, 1.807) is 19.1 Å². The smallest absolute Gasteiger partial charge is 0.303 e. The maximum absolute atomic E-state index is 12.3. The van der Waals surface area contributed by atoms with E-state index in [-0.39, 0.29) is 42.1 Å². The molecule has 3 aliphatic heterocycles. The molecule has 1 spiro atoms. The molecular formula is C29H42O9. The van der Waals surface area contributed by atoms with Gasteiger partial charge in [-0.25, -0.2) is 0 Å². The predicted octanol–water partition coefficient (Wildman–Crippen LogP) is 2.77. The summed E-state index contributed by atoms with van der Waals surface area (Å²) in [5, 5.41) is 19.8. The maximum atomic E-state index is 12.3. The summed E-state index contributed by atoms with van der Waals surface area (Å²) in [6, 6.07) is 0. The highest BCUT2D eigenvalue weighted by Crippen LogP contribution is 2.43. The third kappa shape index (κ3) is 8.95. The number of esters is 1. The van der Waals surface area contributed by atoms with Crippen LogP contribution >= 0.6 is 0 Å². The van der Waals surface area contributed by atoms with Crippen LogP contribution in [-0.4, -0.2) is 83.2 Å². The van der Waals surface area contributed by atoms with Crippen LogP contribution in [0.5, 0.6) is 0 Å². The quantitative estimate of drug-likeness (QED) is 0.168. The fourth-order valence-electron chi connectivity index (χ4n) is 5.18. The summed E-state index contributed by atoms with van der Waals surface area (Å²) < 4.78 is 22.7. The monoisotopic (exact) mass is 534 g/mol. The highest BCUT2D eigenvalue weighted by molar-refractivity contribution is 5.89. The Morgan fingerprint density at radius 3 is 2.47 bits per heavy atom. The van der Waals surface area contributed by atoms with Gasteiger partial charge in [-0.05, 0) is 58.1 Å². The number of rotatable bonds is 12. The molecule has 2 N–H and O–H groups in total. The highest BCUT2D eigenvalue weighted by Gasteiger charge is 2.58. The van der Waals surface area contributed by atoms with Crippen LogP contribution in [0.2, 0.25) is 0 Å². The lowest BCUT2D eigenvalue weighted by molar-refractivity contribution is -0.145. The maximum Gasteiger partial charge on any atom is 0.303 e. The summed E-state index contributed by atoms with van der Waals surface area (Å²) in [6.45, 7) is 6.94. The van der Waals surface area contributed by atoms with Crippen molar-refractivity contribution in [1.82, 2.24) is 0 Å². The van der Waals surface area contributed by atoms with Gasteiger partial charge in [0.25, 0.3) is 0 Å². The zero-order chi connectivity index (χ0) is 27.9. The van der Waals surface area contributed by atoms with Crippen LogP contribution < -0.4 is 0 Å². The summed E-state index contributed by atoms with van der Waals surface area (Å²) in [7, 11) is 0. The van der Waals surface area contributed by atoms with E-state index in [0.29, 0.717) is 19.4 Å². The van der Waals surface area contributed by atoms with Crippen LogP contribution in [0, 0.1) is 5.92 Å². The van der Waals surface area contributed by atoms with Crippen molar-refractivity contribution in [3.8, 4) is 0 Å². The van der Waals surface area contributed by atoms with Gasteiger partial charge in [-0.1, -0.05) is 23.8 Å². The lowest BCUT2D eigenvalue weighted by Gasteiger charge is -2.36. The van der Waals surface area contributed by atoms with Crippen molar-refractivity contribution in [1.29, 1.82) is 0 Å². The number of epoxide rings is 1. The first kappa shape index (κ1) is 30.4. The Morgan fingerprint density at radius 1 is 1.11 bits per heavy atom. The highest BCUT2D eigenvalue weighted by atomic mass is 16.6. The Bertz CT molecular complexity index is 932. The van der Waals surface area contributed by atoms with E-state index in [0.717, 1.165) is 24.8 Å². The van der Waals surface area contributed by atoms with Crippen LogP contribution in [0.3, 0.4) is 0 Å². The minimum atomic E-state index is -0.811. The topological polar surface area (TPSA) is 132 Å². The van der Waals surface area contributed by atoms with Crippen molar-refractivity contribution >= 4 is 17.5 Å². The van der Waals surface area contributed by atoms with Crippen molar-refractivity contribution in [2.75, 3.05) is 13.2 Å². The third-order valence-corrected chi connectivity index (χ3v) is 7.47. The van der Waals surface area contributed by atoms with Crippen molar-refractivity contribution in [2.24, 2.45) is 5.92 Å². The van der Waals surface area contributed by atoms with Gasteiger partial charge in [-0.2, -0.15) is 0 Å². The average molecular weight is 535 g/mol. The fraction of sp³-hybridized carbons (Fsp3) is 0.690. The van der Waals surface area contributed by atoms with E-state index in [1.807, 2.05) is 19.9 Å². The van der Waals surface area contributed by atoms with E-state index in [2.05, 4.69) is 6.08 Å². The molecular weight excluding hydrogens is 492 g/mol. The summed E-state index contributed by atoms with van der Waals surface area (Å²) in [4.78, 5) is 35.0. The third-order valence-electron chi connectivity index (χ3n) is 7.47. The molecule has 38 heavy (non-hydrogen) atoms. The summed E-state index contributed by atoms with van der Waals surface area (Å²) in [5.41, 5.74) is 0.340. The number of ketones is 2. The number of hydrogen-bond acceptors (Lipinski definition) is 9. The van der Waals surface area contributed by atoms with Crippen molar-refractivity contribution in [3.63, 3.8) is 0 Å². The van der Waals surface area contributed by atoms with Crippen molar-refractivity contribution in [2.45, 2.75) is 108 Å². The minimum Gasteiger partial charge on any atom is -0.459 e. The molecule has 8 atom stereocenters. The summed E-state index contributed by atoms with van der Waals surface area (Å²) in [5.74, 6) is -0.529. The molecule has 3 fully saturated rings. The molecule has 0 amide bonds. The average Bonchev–Trinajstić information content (AvgIpc) is 3.63. The first-order valence-corrected chi connectivity index (χ1v) is 13.5. The van der Waals surface area contributed by atoms with Gasteiger partial charge in [-0.15, -0.1) is 0 Å². The van der Waals surface area contributed by atoms with Gasteiger partial charge < -0.3 is 29.2 Å². The van der Waals surface area contributed by atoms with Gasteiger partial charge in [0.05, 0.1) is 24.9 Å². The molecule has 3 aliphatic rings. The molecule has 0 bridgehead atoms.